The zero-order chi connectivity index (χ0) is 17.1. The third-order valence-corrected chi connectivity index (χ3v) is 3.93. The average Bonchev–Trinajstić information content (AvgIpc) is 2.95. The van der Waals surface area contributed by atoms with E-state index in [-0.39, 0.29) is 24.3 Å². The number of amides is 2. The first kappa shape index (κ1) is 16.0. The van der Waals surface area contributed by atoms with E-state index >= 15 is 0 Å². The van der Waals surface area contributed by atoms with Crippen LogP contribution in [0, 0.1) is 5.82 Å². The molecule has 6 heteroatoms. The van der Waals surface area contributed by atoms with Crippen molar-refractivity contribution in [3.63, 3.8) is 0 Å². The van der Waals surface area contributed by atoms with Gasteiger partial charge in [0.15, 0.2) is 0 Å². The van der Waals surface area contributed by atoms with Crippen molar-refractivity contribution in [2.45, 2.75) is 12.5 Å². The summed E-state index contributed by atoms with van der Waals surface area (Å²) < 4.78 is 18.4. The van der Waals surface area contributed by atoms with Gasteiger partial charge in [-0.05, 0) is 42.5 Å². The molecule has 1 heterocycles. The molecule has 2 aromatic rings. The molecule has 5 nitrogen and oxygen atoms in total. The van der Waals surface area contributed by atoms with E-state index in [0.29, 0.717) is 23.5 Å². The summed E-state index contributed by atoms with van der Waals surface area (Å²) in [4.78, 5) is 25.9. The first-order chi connectivity index (χ1) is 11.6. The van der Waals surface area contributed by atoms with Crippen LogP contribution in [0.5, 0.6) is 5.75 Å². The van der Waals surface area contributed by atoms with Gasteiger partial charge >= 0.3 is 0 Å². The van der Waals surface area contributed by atoms with E-state index < -0.39 is 5.82 Å². The Labute approximate surface area is 139 Å². The van der Waals surface area contributed by atoms with Crippen LogP contribution in [0.25, 0.3) is 0 Å². The van der Waals surface area contributed by atoms with Crippen LogP contribution in [-0.4, -0.2) is 31.5 Å². The maximum absolute atomic E-state index is 13.3. The van der Waals surface area contributed by atoms with Gasteiger partial charge in [-0.1, -0.05) is 6.07 Å². The van der Waals surface area contributed by atoms with Crippen LogP contribution in [0.1, 0.15) is 16.8 Å². The molecule has 124 valence electrons. The van der Waals surface area contributed by atoms with Crippen molar-refractivity contribution in [3.05, 3.63) is 59.9 Å². The number of carbonyl (C=O) groups excluding carboxylic acids is 2. The maximum atomic E-state index is 13.3. The number of rotatable bonds is 4. The topological polar surface area (TPSA) is 58.6 Å². The molecule has 0 radical (unpaired) electrons. The minimum atomic E-state index is -0.397. The number of anilines is 1. The summed E-state index contributed by atoms with van der Waals surface area (Å²) in [6.07, 6.45) is 0.193. The highest BCUT2D eigenvalue weighted by Gasteiger charge is 2.31. The Balaban J connectivity index is 1.66. The number of nitrogens with zero attached hydrogens (tertiary/aromatic N) is 1. The molecule has 0 saturated carbocycles. The zero-order valence-electron chi connectivity index (χ0n) is 13.2. The van der Waals surface area contributed by atoms with Crippen molar-refractivity contribution < 1.29 is 18.7 Å². The Morgan fingerprint density at radius 1 is 1.25 bits per heavy atom. The lowest BCUT2D eigenvalue weighted by atomic mass is 10.2. The number of hydrogen-bond acceptors (Lipinski definition) is 3. The molecule has 0 aliphatic carbocycles. The molecular formula is C18H17FN2O3. The van der Waals surface area contributed by atoms with Crippen molar-refractivity contribution in [2.24, 2.45) is 0 Å². The summed E-state index contributed by atoms with van der Waals surface area (Å²) in [5.41, 5.74) is 0.994. The molecular weight excluding hydrogens is 311 g/mol. The van der Waals surface area contributed by atoms with Gasteiger partial charge in [-0.2, -0.15) is 0 Å². The molecule has 1 aliphatic heterocycles. The Kier molecular flexibility index (Phi) is 4.46. The van der Waals surface area contributed by atoms with Crippen molar-refractivity contribution in [3.8, 4) is 5.75 Å². The third kappa shape index (κ3) is 3.37. The van der Waals surface area contributed by atoms with E-state index in [2.05, 4.69) is 5.32 Å². The maximum Gasteiger partial charge on any atom is 0.251 e. The molecule has 1 saturated heterocycles. The highest BCUT2D eigenvalue weighted by molar-refractivity contribution is 5.99. The van der Waals surface area contributed by atoms with Crippen molar-refractivity contribution in [2.75, 3.05) is 18.6 Å². The van der Waals surface area contributed by atoms with Crippen LogP contribution >= 0.6 is 0 Å². The van der Waals surface area contributed by atoms with E-state index in [1.165, 1.54) is 17.0 Å². The van der Waals surface area contributed by atoms with Crippen LogP contribution in [-0.2, 0) is 4.79 Å². The van der Waals surface area contributed by atoms with Gasteiger partial charge in [-0.3, -0.25) is 9.59 Å². The second-order valence-corrected chi connectivity index (χ2v) is 5.59. The van der Waals surface area contributed by atoms with Gasteiger partial charge in [0.2, 0.25) is 5.91 Å². The lowest BCUT2D eigenvalue weighted by Crippen LogP contribution is -2.37. The predicted octanol–water partition coefficient (Wildman–Crippen LogP) is 2.37. The highest BCUT2D eigenvalue weighted by Crippen LogP contribution is 2.22. The van der Waals surface area contributed by atoms with Crippen LogP contribution in [0.3, 0.4) is 0 Å². The van der Waals surface area contributed by atoms with Gasteiger partial charge in [0.05, 0.1) is 13.2 Å². The molecule has 1 fully saturated rings. The quantitative estimate of drug-likeness (QED) is 0.937. The molecule has 1 atom stereocenters. The standard InChI is InChI=1S/C18H17FN2O3/c1-24-16-7-5-12(6-8-16)18(23)20-14-10-17(22)21(11-14)15-4-2-3-13(19)9-15/h2-9,14H,10-11H2,1H3,(H,20,23)/t14-/m0/s1. The summed E-state index contributed by atoms with van der Waals surface area (Å²) >= 11 is 0. The molecule has 0 spiro atoms. The summed E-state index contributed by atoms with van der Waals surface area (Å²) in [6, 6.07) is 12.3. The SMILES string of the molecule is COc1ccc(C(=O)N[C@H]2CC(=O)N(c3cccc(F)c3)C2)cc1. The summed E-state index contributed by atoms with van der Waals surface area (Å²) in [6.45, 7) is 0.324. The van der Waals surface area contributed by atoms with E-state index in [4.69, 9.17) is 4.74 Å². The van der Waals surface area contributed by atoms with Gasteiger partial charge < -0.3 is 15.0 Å². The van der Waals surface area contributed by atoms with E-state index in [1.807, 2.05) is 0 Å². The monoisotopic (exact) mass is 328 g/mol. The summed E-state index contributed by atoms with van der Waals surface area (Å²) in [7, 11) is 1.56. The minimum Gasteiger partial charge on any atom is -0.497 e. The normalized spacial score (nSPS) is 17.0. The number of methoxy groups -OCH3 is 1. The van der Waals surface area contributed by atoms with Gasteiger partial charge in [-0.15, -0.1) is 0 Å². The highest BCUT2D eigenvalue weighted by atomic mass is 19.1. The molecule has 2 amide bonds. The summed E-state index contributed by atoms with van der Waals surface area (Å²) in [5.74, 6) is -0.122. The Morgan fingerprint density at radius 3 is 2.67 bits per heavy atom. The molecule has 24 heavy (non-hydrogen) atoms. The molecule has 0 aromatic heterocycles. The van der Waals surface area contributed by atoms with Crippen molar-refractivity contribution in [1.29, 1.82) is 0 Å². The molecule has 3 rings (SSSR count). The van der Waals surface area contributed by atoms with E-state index in [9.17, 15) is 14.0 Å². The van der Waals surface area contributed by atoms with Crippen molar-refractivity contribution >= 4 is 17.5 Å². The zero-order valence-corrected chi connectivity index (χ0v) is 13.2. The third-order valence-electron chi connectivity index (χ3n) is 3.93. The second-order valence-electron chi connectivity index (χ2n) is 5.59. The number of halogens is 1. The molecule has 1 N–H and O–H groups in total. The lowest BCUT2D eigenvalue weighted by Gasteiger charge is -2.17. The summed E-state index contributed by atoms with van der Waals surface area (Å²) in [5, 5.41) is 2.84. The fourth-order valence-corrected chi connectivity index (χ4v) is 2.71. The van der Waals surface area contributed by atoms with Crippen LogP contribution in [0.15, 0.2) is 48.5 Å². The first-order valence-corrected chi connectivity index (χ1v) is 7.57. The smallest absolute Gasteiger partial charge is 0.251 e. The molecule has 2 aromatic carbocycles. The minimum absolute atomic E-state index is 0.138. The number of ether oxygens (including phenoxy) is 1. The Morgan fingerprint density at radius 2 is 2.00 bits per heavy atom. The first-order valence-electron chi connectivity index (χ1n) is 7.57. The Bertz CT molecular complexity index is 761. The van der Waals surface area contributed by atoms with Gasteiger partial charge in [-0.25, -0.2) is 4.39 Å². The molecule has 1 aliphatic rings. The van der Waals surface area contributed by atoms with E-state index in [0.717, 1.165) is 0 Å². The second kappa shape index (κ2) is 6.70. The fraction of sp³-hybridized carbons (Fsp3) is 0.222. The average molecular weight is 328 g/mol. The molecule has 0 unspecified atom stereocenters. The van der Waals surface area contributed by atoms with Crippen LogP contribution in [0.4, 0.5) is 10.1 Å². The number of carbonyl (C=O) groups is 2. The largest absolute Gasteiger partial charge is 0.497 e. The number of nitrogens with one attached hydrogen (secondary N) is 1. The van der Waals surface area contributed by atoms with Crippen LogP contribution < -0.4 is 15.0 Å². The number of hydrogen-bond donors (Lipinski definition) is 1. The Hall–Kier alpha value is -2.89. The predicted molar refractivity (Wildman–Crippen MR) is 87.6 cm³/mol. The van der Waals surface area contributed by atoms with Crippen LogP contribution in [0.2, 0.25) is 0 Å². The fourth-order valence-electron chi connectivity index (χ4n) is 2.71. The van der Waals surface area contributed by atoms with E-state index in [1.54, 1.807) is 43.5 Å². The van der Waals surface area contributed by atoms with Gasteiger partial charge in [0.25, 0.3) is 5.91 Å². The molecule has 0 bridgehead atoms. The lowest BCUT2D eigenvalue weighted by molar-refractivity contribution is -0.117. The number of benzene rings is 2. The van der Waals surface area contributed by atoms with Crippen molar-refractivity contribution in [1.82, 2.24) is 5.32 Å². The van der Waals surface area contributed by atoms with Gasteiger partial charge in [0.1, 0.15) is 11.6 Å². The van der Waals surface area contributed by atoms with Gasteiger partial charge in [0, 0.05) is 24.2 Å².